The molecule has 19 heavy (non-hydrogen) atoms. The average molecular weight is 266 g/mol. The highest BCUT2D eigenvalue weighted by Gasteiger charge is 2.16. The highest BCUT2D eigenvalue weighted by atomic mass is 16.6. The van der Waals surface area contributed by atoms with Crippen molar-refractivity contribution in [3.05, 3.63) is 27.9 Å². The Morgan fingerprint density at radius 3 is 2.95 bits per heavy atom. The molecule has 0 saturated heterocycles. The van der Waals surface area contributed by atoms with E-state index < -0.39 is 4.92 Å². The van der Waals surface area contributed by atoms with Gasteiger partial charge in [0.2, 0.25) is 5.69 Å². The molecule has 0 aliphatic heterocycles. The number of nitriles is 1. The fraction of sp³-hybridized carbons (Fsp3) is 0.455. The number of nitrogens with zero attached hydrogens (tertiary/aromatic N) is 3. The van der Waals surface area contributed by atoms with Crippen LogP contribution < -0.4 is 5.32 Å². The molecular formula is C11H14N4O4. The molecule has 0 aliphatic carbocycles. The van der Waals surface area contributed by atoms with E-state index in [1.165, 1.54) is 19.2 Å². The highest BCUT2D eigenvalue weighted by Crippen LogP contribution is 2.18. The van der Waals surface area contributed by atoms with Gasteiger partial charge in [0.05, 0.1) is 17.6 Å². The first-order chi connectivity index (χ1) is 9.12. The molecule has 1 rings (SSSR count). The van der Waals surface area contributed by atoms with E-state index in [1.807, 2.05) is 0 Å². The van der Waals surface area contributed by atoms with Crippen molar-refractivity contribution < 1.29 is 14.8 Å². The third kappa shape index (κ3) is 4.17. The number of ether oxygens (including phenoxy) is 1. The maximum atomic E-state index is 10.7. The van der Waals surface area contributed by atoms with E-state index in [4.69, 9.17) is 15.1 Å². The van der Waals surface area contributed by atoms with Crippen LogP contribution in [0.5, 0.6) is 0 Å². The van der Waals surface area contributed by atoms with Gasteiger partial charge in [-0.3, -0.25) is 10.1 Å². The van der Waals surface area contributed by atoms with Crippen LogP contribution in [0.2, 0.25) is 0 Å². The zero-order valence-corrected chi connectivity index (χ0v) is 10.4. The fourth-order valence-electron chi connectivity index (χ4n) is 1.53. The molecule has 0 aliphatic rings. The quantitative estimate of drug-likeness (QED) is 0.549. The Morgan fingerprint density at radius 2 is 2.42 bits per heavy atom. The zero-order valence-electron chi connectivity index (χ0n) is 10.4. The fourth-order valence-corrected chi connectivity index (χ4v) is 1.53. The number of nitro groups is 1. The molecule has 2 N–H and O–H groups in total. The molecule has 0 bridgehead atoms. The smallest absolute Gasteiger partial charge is 0.305 e. The third-order valence-electron chi connectivity index (χ3n) is 2.37. The first kappa shape index (κ1) is 14.8. The van der Waals surface area contributed by atoms with Gasteiger partial charge in [-0.15, -0.1) is 0 Å². The molecule has 0 amide bonds. The van der Waals surface area contributed by atoms with Crippen LogP contribution in [0.4, 0.5) is 11.5 Å². The van der Waals surface area contributed by atoms with Gasteiger partial charge < -0.3 is 15.2 Å². The lowest BCUT2D eigenvalue weighted by Crippen LogP contribution is -2.26. The number of aliphatic hydroxyl groups excluding tert-OH is 1. The Bertz CT molecular complexity index is 480. The lowest BCUT2D eigenvalue weighted by molar-refractivity contribution is -0.385. The number of hydrogen-bond donors (Lipinski definition) is 2. The second kappa shape index (κ2) is 7.25. The minimum Gasteiger partial charge on any atom is -0.396 e. The third-order valence-corrected chi connectivity index (χ3v) is 2.37. The molecule has 1 atom stereocenters. The number of aromatic nitrogens is 1. The van der Waals surface area contributed by atoms with E-state index in [9.17, 15) is 10.1 Å². The van der Waals surface area contributed by atoms with Gasteiger partial charge >= 0.3 is 5.69 Å². The lowest BCUT2D eigenvalue weighted by atomic mass is 10.2. The minimum atomic E-state index is -0.657. The van der Waals surface area contributed by atoms with Crippen molar-refractivity contribution in [1.29, 1.82) is 5.26 Å². The van der Waals surface area contributed by atoms with Gasteiger partial charge in [0.1, 0.15) is 11.9 Å². The van der Waals surface area contributed by atoms with E-state index in [-0.39, 0.29) is 24.0 Å². The Kier molecular flexibility index (Phi) is 5.66. The van der Waals surface area contributed by atoms with Gasteiger partial charge in [0.25, 0.3) is 0 Å². The molecule has 0 fully saturated rings. The number of nitrogens with one attached hydrogen (secondary N) is 1. The van der Waals surface area contributed by atoms with Gasteiger partial charge in [-0.25, -0.2) is 4.98 Å². The second-order valence-electron chi connectivity index (χ2n) is 3.74. The summed E-state index contributed by atoms with van der Waals surface area (Å²) in [4.78, 5) is 13.9. The first-order valence-corrected chi connectivity index (χ1v) is 5.54. The van der Waals surface area contributed by atoms with Crippen LogP contribution in [0.3, 0.4) is 0 Å². The van der Waals surface area contributed by atoms with Crippen molar-refractivity contribution in [2.45, 2.75) is 12.5 Å². The summed E-state index contributed by atoms with van der Waals surface area (Å²) in [5.41, 5.74) is -0.589. The van der Waals surface area contributed by atoms with Gasteiger partial charge in [0.15, 0.2) is 0 Å². The summed E-state index contributed by atoms with van der Waals surface area (Å²) < 4.78 is 4.97. The normalized spacial score (nSPS) is 11.6. The number of hydrogen-bond acceptors (Lipinski definition) is 7. The topological polar surface area (TPSA) is 121 Å². The van der Waals surface area contributed by atoms with Crippen molar-refractivity contribution in [1.82, 2.24) is 4.98 Å². The van der Waals surface area contributed by atoms with Gasteiger partial charge in [0, 0.05) is 19.8 Å². The van der Waals surface area contributed by atoms with Gasteiger partial charge in [-0.2, -0.15) is 5.26 Å². The van der Waals surface area contributed by atoms with E-state index in [2.05, 4.69) is 10.3 Å². The van der Waals surface area contributed by atoms with Gasteiger partial charge in [-0.05, 0) is 12.5 Å². The maximum Gasteiger partial charge on any atom is 0.305 e. The summed E-state index contributed by atoms with van der Waals surface area (Å²) in [7, 11) is 1.52. The predicted octanol–water partition coefficient (Wildman–Crippen LogP) is 0.671. The molecular weight excluding hydrogens is 252 g/mol. The number of pyridine rings is 1. The van der Waals surface area contributed by atoms with E-state index in [1.54, 1.807) is 6.07 Å². The number of aliphatic hydroxyl groups is 1. The van der Waals surface area contributed by atoms with Crippen LogP contribution in [0.15, 0.2) is 12.1 Å². The number of rotatable bonds is 7. The Labute approximate surface area is 109 Å². The van der Waals surface area contributed by atoms with Crippen molar-refractivity contribution >= 4 is 11.5 Å². The van der Waals surface area contributed by atoms with E-state index >= 15 is 0 Å². The minimum absolute atomic E-state index is 0.0287. The van der Waals surface area contributed by atoms with Crippen LogP contribution in [0.1, 0.15) is 12.1 Å². The van der Waals surface area contributed by atoms with Crippen molar-refractivity contribution in [2.24, 2.45) is 0 Å². The van der Waals surface area contributed by atoms with Crippen LogP contribution in [-0.2, 0) is 4.74 Å². The number of anilines is 1. The summed E-state index contributed by atoms with van der Waals surface area (Å²) in [6.07, 6.45) is 0.439. The Morgan fingerprint density at radius 1 is 1.68 bits per heavy atom. The summed E-state index contributed by atoms with van der Waals surface area (Å²) >= 11 is 0. The Hall–Kier alpha value is -2.24. The summed E-state index contributed by atoms with van der Waals surface area (Å²) in [5, 5.41) is 31.3. The highest BCUT2D eigenvalue weighted by molar-refractivity contribution is 5.50. The average Bonchev–Trinajstić information content (AvgIpc) is 2.38. The van der Waals surface area contributed by atoms with Crippen LogP contribution in [0, 0.1) is 21.4 Å². The monoisotopic (exact) mass is 266 g/mol. The van der Waals surface area contributed by atoms with Crippen LogP contribution >= 0.6 is 0 Å². The molecule has 0 saturated carbocycles. The molecule has 0 spiro atoms. The molecule has 102 valence electrons. The Balaban J connectivity index is 2.90. The molecule has 0 aromatic carbocycles. The van der Waals surface area contributed by atoms with E-state index in [0.717, 1.165) is 0 Å². The summed E-state index contributed by atoms with van der Waals surface area (Å²) in [6.45, 7) is 0.320. The van der Waals surface area contributed by atoms with Crippen LogP contribution in [0.25, 0.3) is 0 Å². The second-order valence-corrected chi connectivity index (χ2v) is 3.74. The summed E-state index contributed by atoms with van der Waals surface area (Å²) in [6, 6.07) is 4.13. The molecule has 0 radical (unpaired) electrons. The lowest BCUT2D eigenvalue weighted by Gasteiger charge is -2.17. The standard InChI is InChI=1S/C11H14N4O4/c1-19-7-8(4-5-16)13-11-3-2-10(15(17)18)9(6-12)14-11/h2-3,8,16H,4-5,7H2,1H3,(H,13,14). The van der Waals surface area contributed by atoms with Crippen molar-refractivity contribution in [3.63, 3.8) is 0 Å². The van der Waals surface area contributed by atoms with Crippen molar-refractivity contribution in [2.75, 3.05) is 25.6 Å². The largest absolute Gasteiger partial charge is 0.396 e. The SMILES string of the molecule is COCC(CCO)Nc1ccc([N+](=O)[O-])c(C#N)n1. The van der Waals surface area contributed by atoms with Gasteiger partial charge in [-0.1, -0.05) is 0 Å². The zero-order chi connectivity index (χ0) is 14.3. The maximum absolute atomic E-state index is 10.7. The first-order valence-electron chi connectivity index (χ1n) is 5.54. The van der Waals surface area contributed by atoms with Crippen LogP contribution in [-0.4, -0.2) is 41.4 Å². The molecule has 1 aromatic heterocycles. The molecule has 1 heterocycles. The van der Waals surface area contributed by atoms with Crippen molar-refractivity contribution in [3.8, 4) is 6.07 Å². The number of methoxy groups -OCH3 is 1. The predicted molar refractivity (Wildman–Crippen MR) is 66.6 cm³/mol. The molecule has 1 aromatic rings. The molecule has 8 nitrogen and oxygen atoms in total. The molecule has 1 unspecified atom stereocenters. The summed E-state index contributed by atoms with van der Waals surface area (Å²) in [5.74, 6) is 0.331. The van der Waals surface area contributed by atoms with E-state index in [0.29, 0.717) is 18.8 Å². The molecule has 8 heteroatoms.